The first-order chi connectivity index (χ1) is 19.6. The lowest BCUT2D eigenvalue weighted by Gasteiger charge is -2.43. The Kier molecular flexibility index (Phi) is 1.49. The lowest BCUT2D eigenvalue weighted by atomic mass is 9.79. The highest BCUT2D eigenvalue weighted by Gasteiger charge is 2.38. The van der Waals surface area contributed by atoms with Crippen molar-refractivity contribution in [3.8, 4) is 11.5 Å². The summed E-state index contributed by atoms with van der Waals surface area (Å²) < 4.78 is 185. The van der Waals surface area contributed by atoms with Gasteiger partial charge in [-0.2, -0.15) is 0 Å². The van der Waals surface area contributed by atoms with Crippen molar-refractivity contribution in [2.24, 2.45) is 11.8 Å². The Balaban J connectivity index is 2.57. The minimum atomic E-state index is -4.22. The fourth-order valence-corrected chi connectivity index (χ4v) is 2.24. The number of methoxy groups -OCH3 is 2. The Morgan fingerprint density at radius 2 is 2.42 bits per heavy atom. The molecule has 0 N–H and O–H groups in total. The summed E-state index contributed by atoms with van der Waals surface area (Å²) in [5.41, 5.74) is -2.52. The summed E-state index contributed by atoms with van der Waals surface area (Å²) in [5.74, 6) is -12.3. The van der Waals surface area contributed by atoms with Crippen LogP contribution in [0, 0.1) is 11.8 Å². The highest BCUT2D eigenvalue weighted by atomic mass is 16.5. The number of benzene rings is 1. The average molecular weight is 353 g/mol. The summed E-state index contributed by atoms with van der Waals surface area (Å²) in [4.78, 5) is 13.8. The lowest BCUT2D eigenvalue weighted by molar-refractivity contribution is -0.129. The van der Waals surface area contributed by atoms with E-state index in [0.29, 0.717) is 6.92 Å². The normalized spacial score (nSPS) is 53.8. The maximum atomic E-state index is 14.0. The molecule has 0 aliphatic carbocycles. The van der Waals surface area contributed by atoms with E-state index in [1.54, 1.807) is 0 Å². The highest BCUT2D eigenvalue weighted by Crippen LogP contribution is 2.42. The van der Waals surface area contributed by atoms with Gasteiger partial charge in [-0.3, -0.25) is 9.69 Å². The zero-order valence-corrected chi connectivity index (χ0v) is 12.9. The van der Waals surface area contributed by atoms with Crippen molar-refractivity contribution in [1.29, 1.82) is 0 Å². The molecule has 1 aromatic rings. The van der Waals surface area contributed by atoms with E-state index in [2.05, 4.69) is 0 Å². The van der Waals surface area contributed by atoms with Crippen LogP contribution in [0.1, 0.15) is 78.8 Å². The molecule has 1 saturated heterocycles. The molecule has 4 heteroatoms. The first-order valence-corrected chi connectivity index (χ1v) is 6.84. The molecule has 132 valence electrons. The van der Waals surface area contributed by atoms with Gasteiger partial charge in [0, 0.05) is 51.9 Å². The molecule has 3 unspecified atom stereocenters. The fourth-order valence-electron chi connectivity index (χ4n) is 2.24. The van der Waals surface area contributed by atoms with Crippen LogP contribution < -0.4 is 9.47 Å². The molecule has 1 aromatic carbocycles. The van der Waals surface area contributed by atoms with Crippen LogP contribution in [0.2, 0.25) is 0 Å². The molecule has 3 rings (SSSR count). The zero-order valence-electron chi connectivity index (χ0n) is 33.9. The van der Waals surface area contributed by atoms with Crippen molar-refractivity contribution in [3.63, 3.8) is 0 Å². The van der Waals surface area contributed by atoms with Crippen LogP contribution in [0.3, 0.4) is 0 Å². The lowest BCUT2D eigenvalue weighted by Crippen LogP contribution is -2.46. The first kappa shape index (κ1) is 5.00. The number of hydrogen-bond acceptors (Lipinski definition) is 4. The fraction of sp³-hybridized carbons (Fsp3) is 0.650. The minimum Gasteiger partial charge on any atom is -0.493 e. The highest BCUT2D eigenvalue weighted by molar-refractivity contribution is 5.83. The molecule has 3 atom stereocenters. The second-order valence-corrected chi connectivity index (χ2v) is 4.82. The van der Waals surface area contributed by atoms with Gasteiger partial charge >= 0.3 is 0 Å². The molecule has 0 radical (unpaired) electrons. The monoisotopic (exact) mass is 352 g/mol. The maximum Gasteiger partial charge on any atom is 0.161 e. The number of carbonyl (C=O) groups excluding carboxylic acids is 1. The molecular weight excluding hydrogens is 302 g/mol. The van der Waals surface area contributed by atoms with E-state index in [9.17, 15) is 6.17 Å². The molecule has 0 saturated carbocycles. The smallest absolute Gasteiger partial charge is 0.161 e. The molecular formula is C20H29NO3. The van der Waals surface area contributed by atoms with Gasteiger partial charge in [0.1, 0.15) is 5.78 Å². The molecule has 0 amide bonds. The van der Waals surface area contributed by atoms with E-state index in [-0.39, 0.29) is 4.90 Å². The first-order valence-electron chi connectivity index (χ1n) is 17.3. The quantitative estimate of drug-likeness (QED) is 0.811. The molecule has 2 aliphatic rings. The number of fused-ring (bicyclic) bond motifs is 3. The number of piperidine rings is 1. The summed E-state index contributed by atoms with van der Waals surface area (Å²) in [6.45, 7) is -9.12. The van der Waals surface area contributed by atoms with E-state index in [1.807, 2.05) is 0 Å². The van der Waals surface area contributed by atoms with Gasteiger partial charge in [-0.25, -0.2) is 0 Å². The molecule has 0 aromatic heterocycles. The number of Topliss-reactive ketones (excluding diaryl/α,β-unsaturated/α-hetero) is 1. The van der Waals surface area contributed by atoms with Gasteiger partial charge in [0.15, 0.2) is 11.5 Å². The number of hydrogen-bond donors (Lipinski definition) is 0. The molecule has 2 aliphatic heterocycles. The third-order valence-electron chi connectivity index (χ3n) is 3.41. The van der Waals surface area contributed by atoms with E-state index in [1.165, 1.54) is 0 Å². The van der Waals surface area contributed by atoms with E-state index >= 15 is 0 Å². The summed E-state index contributed by atoms with van der Waals surface area (Å²) in [6.07, 6.45) is -15.3. The van der Waals surface area contributed by atoms with Gasteiger partial charge in [-0.15, -0.1) is 0 Å². The third-order valence-corrected chi connectivity index (χ3v) is 3.41. The molecule has 1 fully saturated rings. The topological polar surface area (TPSA) is 38.8 Å². The summed E-state index contributed by atoms with van der Waals surface area (Å²) in [6, 6.07) is -6.21. The van der Waals surface area contributed by atoms with Crippen LogP contribution >= 0.6 is 0 Å². The molecule has 4 nitrogen and oxygen atoms in total. The van der Waals surface area contributed by atoms with Crippen molar-refractivity contribution < 1.29 is 43.1 Å². The maximum absolute atomic E-state index is 14.0. The van der Waals surface area contributed by atoms with Crippen LogP contribution in [-0.2, 0) is 11.2 Å². The van der Waals surface area contributed by atoms with Crippen LogP contribution in [0.4, 0.5) is 0 Å². The Bertz CT molecular complexity index is 1400. The minimum absolute atomic E-state index is 0.164. The Labute approximate surface area is 174 Å². The predicted octanol–water partition coefficient (Wildman–Crippen LogP) is 3.63. The molecule has 0 spiro atoms. The number of nitrogens with zero attached hydrogens (tertiary/aromatic N) is 1. The predicted molar refractivity (Wildman–Crippen MR) is 94.8 cm³/mol. The molecule has 0 bridgehead atoms. The number of ether oxygens (including phenoxy) is 2. The van der Waals surface area contributed by atoms with Crippen molar-refractivity contribution in [1.82, 2.24) is 4.90 Å². The second-order valence-electron chi connectivity index (χ2n) is 4.82. The van der Waals surface area contributed by atoms with Crippen LogP contribution in [0.5, 0.6) is 11.5 Å². The second kappa shape index (κ2) is 7.14. The Morgan fingerprint density at radius 1 is 1.58 bits per heavy atom. The summed E-state index contributed by atoms with van der Waals surface area (Å²) in [7, 11) is -2.51. The van der Waals surface area contributed by atoms with Crippen molar-refractivity contribution in [2.75, 3.05) is 27.2 Å². The zero-order chi connectivity index (χ0) is 35.7. The average Bonchev–Trinajstić information content (AvgIpc) is 2.83. The van der Waals surface area contributed by atoms with E-state index in [4.69, 9.17) is 36.9 Å². The molecule has 24 heavy (non-hydrogen) atoms. The molecule has 2 heterocycles. The van der Waals surface area contributed by atoms with Gasteiger partial charge in [-0.05, 0) is 41.9 Å². The van der Waals surface area contributed by atoms with Gasteiger partial charge in [0.2, 0.25) is 0 Å². The van der Waals surface area contributed by atoms with Crippen LogP contribution in [-0.4, -0.2) is 37.9 Å². The van der Waals surface area contributed by atoms with Crippen LogP contribution in [0.25, 0.3) is 0 Å². The van der Waals surface area contributed by atoms with Gasteiger partial charge in [0.05, 0.1) is 22.4 Å². The van der Waals surface area contributed by atoms with Crippen molar-refractivity contribution in [2.45, 2.75) is 45.3 Å². The Hall–Kier alpha value is -1.55. The number of ketones is 1. The number of rotatable bonds is 5. The van der Waals surface area contributed by atoms with Gasteiger partial charge in [-0.1, -0.05) is 20.1 Å². The van der Waals surface area contributed by atoms with E-state index in [0.717, 1.165) is 7.11 Å². The van der Waals surface area contributed by atoms with E-state index < -0.39 is 111 Å². The Morgan fingerprint density at radius 3 is 3.12 bits per heavy atom. The SMILES string of the molecule is [2H]c1c(OC)c(OC([2H])([2H])[2H])c([2H])c2c1C([2H])([2H])C([2H])([2H])N1CC([2H])(C([2H])([2H])C([2H])(C([2H])([2H])[2H])C([2H])([2H])C)C(=O)C([2H])([2H])C21[2H]. The third kappa shape index (κ3) is 3.16. The number of carbonyl (C=O) groups is 1. The van der Waals surface area contributed by atoms with Gasteiger partial charge in [0.25, 0.3) is 0 Å². The largest absolute Gasteiger partial charge is 0.493 e. The van der Waals surface area contributed by atoms with Crippen molar-refractivity contribution in [3.05, 3.63) is 23.2 Å². The standard InChI is InChI=1S/C20H29NO3/c1-5-13(2)8-15-12-21-7-6-14-9-19(23-3)20(24-4)10-16(14)17(21)11-18(15)22/h9-10,13,15,17H,5-8,11-12H2,1-4H3/i2D3,4D3,5D2,6D2,7D2,8D2,9D,10D,11D2,13D,15D,17D. The van der Waals surface area contributed by atoms with Crippen molar-refractivity contribution >= 4 is 5.78 Å². The summed E-state index contributed by atoms with van der Waals surface area (Å²) in [5, 5.41) is 0. The summed E-state index contributed by atoms with van der Waals surface area (Å²) >= 11 is 0. The van der Waals surface area contributed by atoms with Gasteiger partial charge < -0.3 is 9.47 Å². The van der Waals surface area contributed by atoms with Crippen LogP contribution in [0.15, 0.2) is 12.1 Å².